The Morgan fingerprint density at radius 3 is 2.27 bits per heavy atom. The molecule has 0 radical (unpaired) electrons. The second-order valence-electron chi connectivity index (χ2n) is 3.88. The van der Waals surface area contributed by atoms with Gasteiger partial charge < -0.3 is 4.74 Å². The first-order chi connectivity index (χ1) is 5.11. The number of epoxide rings is 1. The zero-order valence-electron chi connectivity index (χ0n) is 7.29. The number of hydrogen-bond donors (Lipinski definition) is 0. The van der Waals surface area contributed by atoms with Crippen LogP contribution in [0.15, 0.2) is 24.3 Å². The quantitative estimate of drug-likeness (QED) is 0.522. The highest BCUT2D eigenvalue weighted by molar-refractivity contribution is 5.38. The number of rotatable bonds is 1. The van der Waals surface area contributed by atoms with E-state index in [2.05, 4.69) is 45.1 Å². The van der Waals surface area contributed by atoms with E-state index >= 15 is 0 Å². The van der Waals surface area contributed by atoms with Crippen molar-refractivity contribution >= 4 is 0 Å². The van der Waals surface area contributed by atoms with Crippen molar-refractivity contribution in [1.29, 1.82) is 0 Å². The summed E-state index contributed by atoms with van der Waals surface area (Å²) in [6.07, 6.45) is 8.47. The molecule has 1 nitrogen and oxygen atoms in total. The third-order valence-electron chi connectivity index (χ3n) is 2.84. The fourth-order valence-corrected chi connectivity index (χ4v) is 2.01. The van der Waals surface area contributed by atoms with Crippen molar-refractivity contribution in [2.75, 3.05) is 0 Å². The Balaban J connectivity index is 2.33. The van der Waals surface area contributed by atoms with Crippen LogP contribution < -0.4 is 0 Å². The monoisotopic (exact) mass is 150 g/mol. The smallest absolute Gasteiger partial charge is 0.122 e. The van der Waals surface area contributed by atoms with Crippen molar-refractivity contribution in [3.05, 3.63) is 24.3 Å². The normalized spacial score (nSPS) is 46.2. The van der Waals surface area contributed by atoms with Crippen molar-refractivity contribution < 1.29 is 4.74 Å². The Morgan fingerprint density at radius 2 is 1.82 bits per heavy atom. The zero-order valence-corrected chi connectivity index (χ0v) is 7.29. The van der Waals surface area contributed by atoms with Gasteiger partial charge in [-0.1, -0.05) is 26.0 Å². The highest BCUT2D eigenvalue weighted by Crippen LogP contribution is 2.56. The van der Waals surface area contributed by atoms with Gasteiger partial charge in [0, 0.05) is 0 Å². The van der Waals surface area contributed by atoms with Crippen LogP contribution in [0.3, 0.4) is 0 Å². The molecule has 0 N–H and O–H groups in total. The van der Waals surface area contributed by atoms with Gasteiger partial charge in [-0.15, -0.1) is 0 Å². The number of hydrogen-bond acceptors (Lipinski definition) is 1. The van der Waals surface area contributed by atoms with Gasteiger partial charge in [0.05, 0.1) is 0 Å². The molecule has 1 saturated heterocycles. The van der Waals surface area contributed by atoms with Gasteiger partial charge in [-0.25, -0.2) is 0 Å². The topological polar surface area (TPSA) is 12.5 Å². The summed E-state index contributed by atoms with van der Waals surface area (Å²) >= 11 is 0. The second-order valence-corrected chi connectivity index (χ2v) is 3.88. The molecule has 0 bridgehead atoms. The van der Waals surface area contributed by atoms with E-state index in [0.29, 0.717) is 5.92 Å². The van der Waals surface area contributed by atoms with Crippen LogP contribution in [-0.4, -0.2) is 11.2 Å². The minimum atomic E-state index is -0.00405. The van der Waals surface area contributed by atoms with Crippen LogP contribution in [0.2, 0.25) is 0 Å². The molecule has 2 unspecified atom stereocenters. The van der Waals surface area contributed by atoms with Crippen molar-refractivity contribution in [2.45, 2.75) is 32.0 Å². The molecule has 1 fully saturated rings. The van der Waals surface area contributed by atoms with Gasteiger partial charge in [0.1, 0.15) is 11.2 Å². The number of fused-ring (bicyclic) bond motifs is 1. The molecule has 2 aliphatic rings. The van der Waals surface area contributed by atoms with Crippen LogP contribution in [-0.2, 0) is 4.74 Å². The maximum absolute atomic E-state index is 5.74. The molecule has 0 aromatic heterocycles. The predicted octanol–water partition coefficient (Wildman–Crippen LogP) is 2.30. The van der Waals surface area contributed by atoms with Gasteiger partial charge in [-0.2, -0.15) is 0 Å². The third kappa shape index (κ3) is 0.694. The summed E-state index contributed by atoms with van der Waals surface area (Å²) in [7, 11) is 0. The van der Waals surface area contributed by atoms with E-state index in [-0.39, 0.29) is 11.2 Å². The molecule has 1 aliphatic carbocycles. The lowest BCUT2D eigenvalue weighted by Crippen LogP contribution is -2.26. The van der Waals surface area contributed by atoms with E-state index in [1.54, 1.807) is 0 Å². The van der Waals surface area contributed by atoms with E-state index < -0.39 is 0 Å². The molecule has 1 aliphatic heterocycles. The van der Waals surface area contributed by atoms with Crippen molar-refractivity contribution in [2.24, 2.45) is 5.92 Å². The van der Waals surface area contributed by atoms with Crippen molar-refractivity contribution in [1.82, 2.24) is 0 Å². The molecule has 0 aromatic rings. The Hall–Kier alpha value is -0.560. The molecule has 1 heteroatoms. The first-order valence-corrected chi connectivity index (χ1v) is 4.18. The zero-order chi connectivity index (χ0) is 8.11. The van der Waals surface area contributed by atoms with E-state index in [0.717, 1.165) is 0 Å². The lowest BCUT2D eigenvalue weighted by molar-refractivity contribution is 0.273. The first-order valence-electron chi connectivity index (χ1n) is 4.18. The molecular weight excluding hydrogens is 136 g/mol. The van der Waals surface area contributed by atoms with Gasteiger partial charge in [-0.3, -0.25) is 0 Å². The second kappa shape index (κ2) is 1.78. The summed E-state index contributed by atoms with van der Waals surface area (Å²) in [6, 6.07) is 0. The van der Waals surface area contributed by atoms with Crippen LogP contribution in [0.4, 0.5) is 0 Å². The maximum atomic E-state index is 5.74. The van der Waals surface area contributed by atoms with Gasteiger partial charge in [0.2, 0.25) is 0 Å². The molecule has 1 heterocycles. The summed E-state index contributed by atoms with van der Waals surface area (Å²) in [5.74, 6) is 0.564. The molecule has 0 saturated carbocycles. The lowest BCUT2D eigenvalue weighted by Gasteiger charge is -2.16. The van der Waals surface area contributed by atoms with Crippen LogP contribution in [0.5, 0.6) is 0 Å². The molecular formula is C10H14O. The first kappa shape index (κ1) is 7.11. The third-order valence-corrected chi connectivity index (χ3v) is 2.84. The van der Waals surface area contributed by atoms with Crippen LogP contribution in [0.1, 0.15) is 20.8 Å². The van der Waals surface area contributed by atoms with E-state index in [1.165, 1.54) is 0 Å². The average molecular weight is 150 g/mol. The van der Waals surface area contributed by atoms with Gasteiger partial charge in [0.15, 0.2) is 0 Å². The fraction of sp³-hybridized carbons (Fsp3) is 0.600. The number of ether oxygens (including phenoxy) is 1. The van der Waals surface area contributed by atoms with E-state index in [1.807, 2.05) is 0 Å². The van der Waals surface area contributed by atoms with Crippen LogP contribution >= 0.6 is 0 Å². The van der Waals surface area contributed by atoms with E-state index in [4.69, 9.17) is 4.74 Å². The SMILES string of the molecule is CC(C)C12C=CC=CC1(C)O2. The van der Waals surface area contributed by atoms with Gasteiger partial charge in [0.25, 0.3) is 0 Å². The molecule has 0 amide bonds. The highest BCUT2D eigenvalue weighted by atomic mass is 16.6. The van der Waals surface area contributed by atoms with Gasteiger partial charge >= 0.3 is 0 Å². The summed E-state index contributed by atoms with van der Waals surface area (Å²) in [4.78, 5) is 0. The molecule has 60 valence electrons. The lowest BCUT2D eigenvalue weighted by atomic mass is 9.82. The summed E-state index contributed by atoms with van der Waals surface area (Å²) < 4.78 is 5.74. The predicted molar refractivity (Wildman–Crippen MR) is 45.3 cm³/mol. The van der Waals surface area contributed by atoms with Crippen LogP contribution in [0.25, 0.3) is 0 Å². The van der Waals surface area contributed by atoms with Crippen molar-refractivity contribution in [3.63, 3.8) is 0 Å². The Morgan fingerprint density at radius 1 is 1.18 bits per heavy atom. The molecule has 2 atom stereocenters. The minimum Gasteiger partial charge on any atom is -0.354 e. The number of allylic oxidation sites excluding steroid dienone is 2. The Bertz CT molecular complexity index is 239. The molecule has 0 spiro atoms. The summed E-state index contributed by atoms with van der Waals surface area (Å²) in [6.45, 7) is 6.55. The van der Waals surface area contributed by atoms with Crippen LogP contribution in [0, 0.1) is 5.92 Å². The minimum absolute atomic E-state index is 0.00405. The largest absolute Gasteiger partial charge is 0.354 e. The highest BCUT2D eigenvalue weighted by Gasteiger charge is 2.65. The Kier molecular flexibility index (Phi) is 1.15. The summed E-state index contributed by atoms with van der Waals surface area (Å²) in [5, 5.41) is 0. The standard InChI is InChI=1S/C10H14O/c1-8(2)10-7-5-4-6-9(10,3)11-10/h4-8H,1-3H3. The van der Waals surface area contributed by atoms with E-state index in [9.17, 15) is 0 Å². The summed E-state index contributed by atoms with van der Waals surface area (Å²) in [5.41, 5.74) is 0.0116. The molecule has 2 rings (SSSR count). The molecule has 11 heavy (non-hydrogen) atoms. The van der Waals surface area contributed by atoms with Gasteiger partial charge in [-0.05, 0) is 25.0 Å². The molecule has 0 aromatic carbocycles. The average Bonchev–Trinajstić information content (AvgIpc) is 2.56. The Labute approximate surface area is 67.7 Å². The fourth-order valence-electron chi connectivity index (χ4n) is 2.01. The maximum Gasteiger partial charge on any atom is 0.122 e. The van der Waals surface area contributed by atoms with Crippen molar-refractivity contribution in [3.8, 4) is 0 Å².